The molecule has 0 bridgehead atoms. The Morgan fingerprint density at radius 3 is 2.94 bits per heavy atom. The molecule has 0 amide bonds. The average Bonchev–Trinajstić information content (AvgIpc) is 2.80. The van der Waals surface area contributed by atoms with Gasteiger partial charge >= 0.3 is 5.97 Å². The number of aliphatic hydroxyl groups excluding tert-OH is 1. The number of aromatic carboxylic acids is 1. The van der Waals surface area contributed by atoms with Crippen LogP contribution in [0.25, 0.3) is 0 Å². The van der Waals surface area contributed by atoms with E-state index in [-0.39, 0.29) is 17.6 Å². The van der Waals surface area contributed by atoms with Crippen LogP contribution in [0.2, 0.25) is 0 Å². The molecule has 100 valence electrons. The number of aliphatic hydroxyl groups is 1. The third kappa shape index (κ3) is 3.11. The number of carbonyl (C=O) groups is 1. The van der Waals surface area contributed by atoms with Crippen molar-refractivity contribution in [3.63, 3.8) is 0 Å². The van der Waals surface area contributed by atoms with Crippen LogP contribution in [-0.2, 0) is 6.54 Å². The van der Waals surface area contributed by atoms with E-state index in [1.54, 1.807) is 0 Å². The van der Waals surface area contributed by atoms with Crippen LogP contribution in [0.1, 0.15) is 41.8 Å². The maximum atomic E-state index is 10.9. The predicted octanol–water partition coefficient (Wildman–Crippen LogP) is 1.62. The minimum atomic E-state index is -0.974. The number of carboxylic acids is 1. The van der Waals surface area contributed by atoms with Crippen LogP contribution in [-0.4, -0.2) is 28.8 Å². The molecule has 18 heavy (non-hydrogen) atoms. The lowest BCUT2D eigenvalue weighted by atomic mass is 9.86. The van der Waals surface area contributed by atoms with Gasteiger partial charge in [-0.1, -0.05) is 12.8 Å². The second-order valence-electron chi connectivity index (χ2n) is 4.81. The van der Waals surface area contributed by atoms with E-state index in [4.69, 9.17) is 9.52 Å². The van der Waals surface area contributed by atoms with Gasteiger partial charge in [0.2, 0.25) is 0 Å². The SMILES string of the molecule is O=C(O)c1ccoc1CNCC1CCCCC1O. The van der Waals surface area contributed by atoms with Gasteiger partial charge in [0.25, 0.3) is 0 Å². The minimum Gasteiger partial charge on any atom is -0.478 e. The van der Waals surface area contributed by atoms with Crippen molar-refractivity contribution < 1.29 is 19.4 Å². The summed E-state index contributed by atoms with van der Waals surface area (Å²) in [5, 5.41) is 21.9. The van der Waals surface area contributed by atoms with Gasteiger partial charge in [0, 0.05) is 6.54 Å². The molecule has 0 spiro atoms. The first-order valence-corrected chi connectivity index (χ1v) is 6.37. The molecule has 1 aromatic heterocycles. The molecule has 2 unspecified atom stereocenters. The molecule has 2 rings (SSSR count). The Morgan fingerprint density at radius 1 is 1.44 bits per heavy atom. The Balaban J connectivity index is 1.81. The van der Waals surface area contributed by atoms with E-state index in [2.05, 4.69) is 5.32 Å². The van der Waals surface area contributed by atoms with Crippen molar-refractivity contribution in [2.24, 2.45) is 5.92 Å². The van der Waals surface area contributed by atoms with E-state index >= 15 is 0 Å². The summed E-state index contributed by atoms with van der Waals surface area (Å²) in [6, 6.07) is 1.45. The van der Waals surface area contributed by atoms with Crippen molar-refractivity contribution in [2.45, 2.75) is 38.3 Å². The molecule has 0 saturated heterocycles. The molecule has 1 aliphatic carbocycles. The van der Waals surface area contributed by atoms with Crippen LogP contribution < -0.4 is 5.32 Å². The fourth-order valence-electron chi connectivity index (χ4n) is 2.47. The standard InChI is InChI=1S/C13H19NO4/c15-11-4-2-1-3-9(11)7-14-8-12-10(13(16)17)5-6-18-12/h5-6,9,11,14-15H,1-4,7-8H2,(H,16,17). The highest BCUT2D eigenvalue weighted by Crippen LogP contribution is 2.23. The van der Waals surface area contributed by atoms with Gasteiger partial charge in [-0.15, -0.1) is 0 Å². The lowest BCUT2D eigenvalue weighted by Crippen LogP contribution is -2.33. The van der Waals surface area contributed by atoms with Crippen LogP contribution >= 0.6 is 0 Å². The summed E-state index contributed by atoms with van der Waals surface area (Å²) in [6.07, 6.45) is 5.30. The molecule has 1 aliphatic rings. The number of hydrogen-bond donors (Lipinski definition) is 3. The highest BCUT2D eigenvalue weighted by atomic mass is 16.4. The molecule has 0 aliphatic heterocycles. The van der Waals surface area contributed by atoms with Gasteiger partial charge in [-0.05, 0) is 24.8 Å². The van der Waals surface area contributed by atoms with Crippen molar-refractivity contribution in [3.8, 4) is 0 Å². The highest BCUT2D eigenvalue weighted by Gasteiger charge is 2.22. The molecular formula is C13H19NO4. The molecule has 0 radical (unpaired) electrons. The zero-order valence-corrected chi connectivity index (χ0v) is 10.3. The van der Waals surface area contributed by atoms with E-state index in [1.807, 2.05) is 0 Å². The van der Waals surface area contributed by atoms with Crippen molar-refractivity contribution in [3.05, 3.63) is 23.7 Å². The number of rotatable bonds is 5. The van der Waals surface area contributed by atoms with Gasteiger partial charge < -0.3 is 19.9 Å². The van der Waals surface area contributed by atoms with Crippen molar-refractivity contribution in [1.29, 1.82) is 0 Å². The zero-order chi connectivity index (χ0) is 13.0. The van der Waals surface area contributed by atoms with Crippen molar-refractivity contribution in [2.75, 3.05) is 6.54 Å². The van der Waals surface area contributed by atoms with E-state index < -0.39 is 5.97 Å². The summed E-state index contributed by atoms with van der Waals surface area (Å²) in [5.41, 5.74) is 0.201. The smallest absolute Gasteiger partial charge is 0.339 e. The summed E-state index contributed by atoms with van der Waals surface area (Å²) in [6.45, 7) is 1.08. The topological polar surface area (TPSA) is 82.7 Å². The molecule has 5 heteroatoms. The maximum Gasteiger partial charge on any atom is 0.339 e. The van der Waals surface area contributed by atoms with Gasteiger partial charge in [-0.3, -0.25) is 0 Å². The molecular weight excluding hydrogens is 234 g/mol. The molecule has 2 atom stereocenters. The number of hydrogen-bond acceptors (Lipinski definition) is 4. The fraction of sp³-hybridized carbons (Fsp3) is 0.615. The predicted molar refractivity (Wildman–Crippen MR) is 65.3 cm³/mol. The maximum absolute atomic E-state index is 10.9. The van der Waals surface area contributed by atoms with Crippen LogP contribution in [0.5, 0.6) is 0 Å². The van der Waals surface area contributed by atoms with Gasteiger partial charge in [0.1, 0.15) is 11.3 Å². The van der Waals surface area contributed by atoms with E-state index in [9.17, 15) is 9.90 Å². The Labute approximate surface area is 106 Å². The monoisotopic (exact) mass is 253 g/mol. The van der Waals surface area contributed by atoms with E-state index in [1.165, 1.54) is 12.3 Å². The fourth-order valence-corrected chi connectivity index (χ4v) is 2.47. The highest BCUT2D eigenvalue weighted by molar-refractivity contribution is 5.88. The number of carboxylic acid groups (broad SMARTS) is 1. The quantitative estimate of drug-likeness (QED) is 0.742. The largest absolute Gasteiger partial charge is 0.478 e. The first-order valence-electron chi connectivity index (χ1n) is 6.37. The first-order chi connectivity index (χ1) is 8.68. The average molecular weight is 253 g/mol. The summed E-state index contributed by atoms with van der Waals surface area (Å²) in [5.74, 6) is -0.270. The van der Waals surface area contributed by atoms with Crippen LogP contribution in [0.4, 0.5) is 0 Å². The van der Waals surface area contributed by atoms with Gasteiger partial charge in [-0.2, -0.15) is 0 Å². The molecule has 5 nitrogen and oxygen atoms in total. The van der Waals surface area contributed by atoms with Crippen LogP contribution in [0.3, 0.4) is 0 Å². The van der Waals surface area contributed by atoms with Gasteiger partial charge in [0.05, 0.1) is 18.9 Å². The van der Waals surface area contributed by atoms with Crippen molar-refractivity contribution >= 4 is 5.97 Å². The third-order valence-electron chi connectivity index (χ3n) is 3.54. The second kappa shape index (κ2) is 6.02. The summed E-state index contributed by atoms with van der Waals surface area (Å²) >= 11 is 0. The summed E-state index contributed by atoms with van der Waals surface area (Å²) < 4.78 is 5.14. The first kappa shape index (κ1) is 13.1. The third-order valence-corrected chi connectivity index (χ3v) is 3.54. The minimum absolute atomic E-state index is 0.201. The Hall–Kier alpha value is -1.33. The normalized spacial score (nSPS) is 24.1. The van der Waals surface area contributed by atoms with Gasteiger partial charge in [-0.25, -0.2) is 4.79 Å². The summed E-state index contributed by atoms with van der Waals surface area (Å²) in [4.78, 5) is 10.9. The second-order valence-corrected chi connectivity index (χ2v) is 4.81. The van der Waals surface area contributed by atoms with Gasteiger partial charge in [0.15, 0.2) is 0 Å². The lowest BCUT2D eigenvalue weighted by Gasteiger charge is -2.27. The van der Waals surface area contributed by atoms with Crippen LogP contribution in [0, 0.1) is 5.92 Å². The zero-order valence-electron chi connectivity index (χ0n) is 10.3. The molecule has 1 heterocycles. The number of furan rings is 1. The molecule has 1 saturated carbocycles. The van der Waals surface area contributed by atoms with E-state index in [0.717, 1.165) is 25.7 Å². The Morgan fingerprint density at radius 2 is 2.22 bits per heavy atom. The van der Waals surface area contributed by atoms with Crippen molar-refractivity contribution in [1.82, 2.24) is 5.32 Å². The number of nitrogens with one attached hydrogen (secondary N) is 1. The lowest BCUT2D eigenvalue weighted by molar-refractivity contribution is 0.0678. The Kier molecular flexibility index (Phi) is 4.38. The summed E-state index contributed by atoms with van der Waals surface area (Å²) in [7, 11) is 0. The molecule has 0 aromatic carbocycles. The van der Waals surface area contributed by atoms with E-state index in [0.29, 0.717) is 18.8 Å². The molecule has 3 N–H and O–H groups in total. The molecule has 1 aromatic rings. The van der Waals surface area contributed by atoms with Crippen LogP contribution in [0.15, 0.2) is 16.7 Å². The Bertz CT molecular complexity index is 401. The molecule has 1 fully saturated rings.